The van der Waals surface area contributed by atoms with Crippen LogP contribution in [-0.2, 0) is 13.5 Å². The maximum Gasteiger partial charge on any atom is 0.144 e. The molecule has 0 atom stereocenters. The topological polar surface area (TPSA) is 88.5 Å². The summed E-state index contributed by atoms with van der Waals surface area (Å²) in [6.07, 6.45) is 3.58. The highest BCUT2D eigenvalue weighted by Gasteiger charge is 2.22. The first kappa shape index (κ1) is 14.5. The molecule has 102 valence electrons. The van der Waals surface area contributed by atoms with Crippen LogP contribution in [0.5, 0.6) is 0 Å². The molecule has 1 aromatic heterocycles. The SMILES string of the molecule is Cn1nccc1CCNCCC(C)(C)/C(N)=N/O. The third-order valence-electron chi connectivity index (χ3n) is 3.21. The van der Waals surface area contributed by atoms with Crippen molar-refractivity contribution in [3.8, 4) is 0 Å². The van der Waals surface area contributed by atoms with Crippen LogP contribution < -0.4 is 11.1 Å². The fraction of sp³-hybridized carbons (Fsp3) is 0.667. The van der Waals surface area contributed by atoms with E-state index in [0.29, 0.717) is 0 Å². The Morgan fingerprint density at radius 1 is 1.56 bits per heavy atom. The van der Waals surface area contributed by atoms with E-state index in [-0.39, 0.29) is 11.3 Å². The lowest BCUT2D eigenvalue weighted by atomic mass is 9.88. The Kier molecular flexibility index (Phi) is 5.15. The Balaban J connectivity index is 2.22. The van der Waals surface area contributed by atoms with Gasteiger partial charge >= 0.3 is 0 Å². The van der Waals surface area contributed by atoms with Gasteiger partial charge in [0.05, 0.1) is 0 Å². The van der Waals surface area contributed by atoms with E-state index in [1.54, 1.807) is 6.20 Å². The van der Waals surface area contributed by atoms with Crippen molar-refractivity contribution in [3.05, 3.63) is 18.0 Å². The average molecular weight is 253 g/mol. The quantitative estimate of drug-likeness (QED) is 0.219. The molecule has 0 saturated carbocycles. The van der Waals surface area contributed by atoms with Crippen LogP contribution >= 0.6 is 0 Å². The Morgan fingerprint density at radius 2 is 2.28 bits per heavy atom. The largest absolute Gasteiger partial charge is 0.409 e. The van der Waals surface area contributed by atoms with Gasteiger partial charge in [0.2, 0.25) is 0 Å². The number of aryl methyl sites for hydroxylation is 1. The zero-order valence-corrected chi connectivity index (χ0v) is 11.3. The van der Waals surface area contributed by atoms with Crippen molar-refractivity contribution in [2.75, 3.05) is 13.1 Å². The van der Waals surface area contributed by atoms with Gasteiger partial charge in [0, 0.05) is 37.3 Å². The van der Waals surface area contributed by atoms with Crippen LogP contribution in [0.3, 0.4) is 0 Å². The van der Waals surface area contributed by atoms with Crippen molar-refractivity contribution < 1.29 is 5.21 Å². The summed E-state index contributed by atoms with van der Waals surface area (Å²) < 4.78 is 1.88. The van der Waals surface area contributed by atoms with Crippen LogP contribution in [-0.4, -0.2) is 33.9 Å². The Bertz CT molecular complexity index is 397. The number of aromatic nitrogens is 2. The van der Waals surface area contributed by atoms with E-state index in [4.69, 9.17) is 10.9 Å². The van der Waals surface area contributed by atoms with Crippen molar-refractivity contribution in [1.82, 2.24) is 15.1 Å². The number of amidine groups is 1. The van der Waals surface area contributed by atoms with Gasteiger partial charge in [0.15, 0.2) is 0 Å². The third kappa shape index (κ3) is 4.03. The minimum atomic E-state index is -0.283. The number of rotatable bonds is 7. The molecule has 6 heteroatoms. The lowest BCUT2D eigenvalue weighted by Crippen LogP contribution is -2.35. The molecule has 1 aromatic rings. The molecule has 0 aromatic carbocycles. The molecule has 0 aliphatic carbocycles. The molecule has 18 heavy (non-hydrogen) atoms. The van der Waals surface area contributed by atoms with E-state index in [0.717, 1.165) is 25.9 Å². The summed E-state index contributed by atoms with van der Waals surface area (Å²) in [5.74, 6) is 0.274. The van der Waals surface area contributed by atoms with Gasteiger partial charge in [-0.05, 0) is 19.0 Å². The summed E-state index contributed by atoms with van der Waals surface area (Å²) in [7, 11) is 1.94. The first-order valence-corrected chi connectivity index (χ1v) is 6.13. The van der Waals surface area contributed by atoms with Gasteiger partial charge in [-0.15, -0.1) is 0 Å². The summed E-state index contributed by atoms with van der Waals surface area (Å²) in [5.41, 5.74) is 6.55. The van der Waals surface area contributed by atoms with E-state index >= 15 is 0 Å². The molecule has 0 unspecified atom stereocenters. The summed E-state index contributed by atoms with van der Waals surface area (Å²) in [4.78, 5) is 0. The van der Waals surface area contributed by atoms with Gasteiger partial charge in [0.25, 0.3) is 0 Å². The number of nitrogens with two attached hydrogens (primary N) is 1. The van der Waals surface area contributed by atoms with Gasteiger partial charge in [-0.25, -0.2) is 0 Å². The molecule has 0 amide bonds. The van der Waals surface area contributed by atoms with Crippen molar-refractivity contribution in [1.29, 1.82) is 0 Å². The number of nitrogens with zero attached hydrogens (tertiary/aromatic N) is 3. The van der Waals surface area contributed by atoms with Crippen LogP contribution in [0.1, 0.15) is 26.0 Å². The fourth-order valence-electron chi connectivity index (χ4n) is 1.65. The first-order valence-electron chi connectivity index (χ1n) is 6.13. The molecular weight excluding hydrogens is 230 g/mol. The third-order valence-corrected chi connectivity index (χ3v) is 3.21. The van der Waals surface area contributed by atoms with Crippen LogP contribution in [0, 0.1) is 5.41 Å². The monoisotopic (exact) mass is 253 g/mol. The maximum atomic E-state index is 8.66. The molecule has 1 rings (SSSR count). The van der Waals surface area contributed by atoms with Crippen LogP contribution in [0.4, 0.5) is 0 Å². The summed E-state index contributed by atoms with van der Waals surface area (Å²) in [6.45, 7) is 5.66. The second-order valence-corrected chi connectivity index (χ2v) is 5.07. The number of hydrogen-bond acceptors (Lipinski definition) is 4. The van der Waals surface area contributed by atoms with E-state index in [1.165, 1.54) is 5.69 Å². The van der Waals surface area contributed by atoms with Crippen LogP contribution in [0.15, 0.2) is 17.4 Å². The molecular formula is C12H23N5O. The van der Waals surface area contributed by atoms with Gasteiger partial charge < -0.3 is 16.3 Å². The zero-order valence-electron chi connectivity index (χ0n) is 11.3. The van der Waals surface area contributed by atoms with Crippen molar-refractivity contribution in [2.45, 2.75) is 26.7 Å². The van der Waals surface area contributed by atoms with Crippen molar-refractivity contribution in [2.24, 2.45) is 23.4 Å². The average Bonchev–Trinajstić information content (AvgIpc) is 2.73. The molecule has 0 aliphatic heterocycles. The normalized spacial score (nSPS) is 12.9. The van der Waals surface area contributed by atoms with E-state index < -0.39 is 0 Å². The van der Waals surface area contributed by atoms with Gasteiger partial charge in [-0.1, -0.05) is 19.0 Å². The van der Waals surface area contributed by atoms with E-state index in [2.05, 4.69) is 15.6 Å². The minimum absolute atomic E-state index is 0.274. The highest BCUT2D eigenvalue weighted by atomic mass is 16.4. The highest BCUT2D eigenvalue weighted by Crippen LogP contribution is 2.19. The zero-order chi connectivity index (χ0) is 13.6. The number of oxime groups is 1. The fourth-order valence-corrected chi connectivity index (χ4v) is 1.65. The Labute approximate surface area is 108 Å². The van der Waals surface area contributed by atoms with Crippen LogP contribution in [0.2, 0.25) is 0 Å². The molecule has 0 spiro atoms. The molecule has 1 heterocycles. The van der Waals surface area contributed by atoms with E-state index in [9.17, 15) is 0 Å². The molecule has 4 N–H and O–H groups in total. The lowest BCUT2D eigenvalue weighted by molar-refractivity contribution is 0.305. The maximum absolute atomic E-state index is 8.66. The Morgan fingerprint density at radius 3 is 2.83 bits per heavy atom. The predicted octanol–water partition coefficient (Wildman–Crippen LogP) is 0.715. The smallest absolute Gasteiger partial charge is 0.144 e. The second-order valence-electron chi connectivity index (χ2n) is 5.07. The van der Waals surface area contributed by atoms with Crippen molar-refractivity contribution >= 4 is 5.84 Å². The summed E-state index contributed by atoms with van der Waals surface area (Å²) in [5, 5.41) is 19.2. The number of hydrogen-bond donors (Lipinski definition) is 3. The van der Waals surface area contributed by atoms with Crippen molar-refractivity contribution in [3.63, 3.8) is 0 Å². The lowest BCUT2D eigenvalue weighted by Gasteiger charge is -2.22. The minimum Gasteiger partial charge on any atom is -0.409 e. The van der Waals surface area contributed by atoms with E-state index in [1.807, 2.05) is 31.6 Å². The summed E-state index contributed by atoms with van der Waals surface area (Å²) >= 11 is 0. The number of nitrogens with one attached hydrogen (secondary N) is 1. The molecule has 0 radical (unpaired) electrons. The van der Waals surface area contributed by atoms with Gasteiger partial charge in [-0.2, -0.15) is 5.10 Å². The molecule has 0 saturated heterocycles. The summed E-state index contributed by atoms with van der Waals surface area (Å²) in [6, 6.07) is 2.02. The molecule has 0 fully saturated rings. The molecule has 0 bridgehead atoms. The highest BCUT2D eigenvalue weighted by molar-refractivity contribution is 5.85. The Hall–Kier alpha value is -1.56. The molecule has 6 nitrogen and oxygen atoms in total. The second kappa shape index (κ2) is 6.39. The van der Waals surface area contributed by atoms with Gasteiger partial charge in [-0.3, -0.25) is 4.68 Å². The first-order chi connectivity index (χ1) is 8.47. The molecule has 0 aliphatic rings. The van der Waals surface area contributed by atoms with Crippen LogP contribution in [0.25, 0.3) is 0 Å². The van der Waals surface area contributed by atoms with Gasteiger partial charge in [0.1, 0.15) is 5.84 Å². The predicted molar refractivity (Wildman–Crippen MR) is 71.6 cm³/mol. The standard InChI is InChI=1S/C12H23N5O/c1-12(2,11(13)16-18)6-9-14-7-4-10-5-8-15-17(10)3/h5,8,14,18H,4,6-7,9H2,1-3H3,(H2,13,16).